The summed E-state index contributed by atoms with van der Waals surface area (Å²) in [5, 5.41) is 20.1. The number of phenolic OH excluding ortho intramolecular Hbond substituents is 2. The summed E-state index contributed by atoms with van der Waals surface area (Å²) in [4.78, 5) is 11.9. The Bertz CT molecular complexity index is 1160. The Morgan fingerprint density at radius 3 is 2.46 bits per heavy atom. The van der Waals surface area contributed by atoms with Gasteiger partial charge in [-0.2, -0.15) is 0 Å². The molecule has 146 valence electrons. The van der Waals surface area contributed by atoms with Crippen LogP contribution in [0.3, 0.4) is 0 Å². The molecule has 0 spiro atoms. The van der Waals surface area contributed by atoms with Crippen molar-refractivity contribution in [3.8, 4) is 21.9 Å². The fraction of sp³-hybridized carbons (Fsp3) is 0.0556. The lowest BCUT2D eigenvalue weighted by molar-refractivity contribution is 0.0597. The van der Waals surface area contributed by atoms with Crippen LogP contribution in [-0.2, 0) is 14.8 Å². The first-order chi connectivity index (χ1) is 13.2. The lowest BCUT2D eigenvalue weighted by Crippen LogP contribution is -2.11. The van der Waals surface area contributed by atoms with Gasteiger partial charge in [0.05, 0.1) is 22.7 Å². The van der Waals surface area contributed by atoms with Crippen molar-refractivity contribution in [3.05, 3.63) is 59.1 Å². The van der Waals surface area contributed by atoms with Crippen LogP contribution in [0.2, 0.25) is 5.02 Å². The molecule has 0 unspecified atom stereocenters. The summed E-state index contributed by atoms with van der Waals surface area (Å²) in [6.45, 7) is 0. The van der Waals surface area contributed by atoms with Crippen LogP contribution in [0.1, 0.15) is 10.4 Å². The molecule has 3 rings (SSSR count). The van der Waals surface area contributed by atoms with E-state index in [-0.39, 0.29) is 26.2 Å². The molecule has 0 radical (unpaired) electrons. The molecule has 7 nitrogen and oxygen atoms in total. The Morgan fingerprint density at radius 1 is 1.11 bits per heavy atom. The molecule has 0 bridgehead atoms. The normalized spacial score (nSPS) is 11.2. The van der Waals surface area contributed by atoms with E-state index in [1.807, 2.05) is 0 Å². The molecule has 0 aliphatic heterocycles. The number of sulfonamides is 1. The zero-order valence-electron chi connectivity index (χ0n) is 14.3. The maximum Gasteiger partial charge on any atom is 0.341 e. The number of carbonyl (C=O) groups excluding carboxylic acids is 1. The topological polar surface area (TPSA) is 113 Å². The lowest BCUT2D eigenvalue weighted by Gasteiger charge is -2.08. The van der Waals surface area contributed by atoms with E-state index in [1.165, 1.54) is 31.4 Å². The zero-order valence-corrected chi connectivity index (χ0v) is 16.7. The van der Waals surface area contributed by atoms with Crippen LogP contribution in [-0.4, -0.2) is 31.7 Å². The molecule has 1 heterocycles. The van der Waals surface area contributed by atoms with Crippen molar-refractivity contribution in [2.45, 2.75) is 4.21 Å². The molecule has 0 saturated heterocycles. The van der Waals surface area contributed by atoms with E-state index in [0.717, 1.165) is 17.4 Å². The van der Waals surface area contributed by atoms with E-state index in [4.69, 9.17) is 11.6 Å². The quantitative estimate of drug-likeness (QED) is 0.516. The van der Waals surface area contributed by atoms with Crippen molar-refractivity contribution >= 4 is 44.6 Å². The number of methoxy groups -OCH3 is 1. The fourth-order valence-corrected chi connectivity index (χ4v) is 5.31. The molecule has 3 aromatic rings. The van der Waals surface area contributed by atoms with Gasteiger partial charge in [0, 0.05) is 11.6 Å². The van der Waals surface area contributed by atoms with Crippen molar-refractivity contribution in [3.63, 3.8) is 0 Å². The van der Waals surface area contributed by atoms with Crippen molar-refractivity contribution in [1.82, 2.24) is 0 Å². The number of rotatable bonds is 5. The standard InChI is InChI=1S/C18H14ClNO6S2/c1-26-18(23)12-7-6-10(8-15(12)22)20-28(24,25)16-9-13(19)17(27-16)11-4-2-3-5-14(11)21/h2-9,20-22H,1H3. The predicted octanol–water partition coefficient (Wildman–Crippen LogP) is 4.07. The molecule has 10 heteroatoms. The highest BCUT2D eigenvalue weighted by Gasteiger charge is 2.22. The zero-order chi connectivity index (χ0) is 20.5. The van der Waals surface area contributed by atoms with Gasteiger partial charge in [0.1, 0.15) is 21.3 Å². The molecule has 3 N–H and O–H groups in total. The third-order valence-electron chi connectivity index (χ3n) is 3.73. The Labute approximate surface area is 169 Å². The SMILES string of the molecule is COC(=O)c1ccc(NS(=O)(=O)c2cc(Cl)c(-c3ccccc3O)s2)cc1O. The second-order valence-corrected chi connectivity index (χ2v) is 8.96. The monoisotopic (exact) mass is 439 g/mol. The first-order valence-corrected chi connectivity index (χ1v) is 10.4. The van der Waals surface area contributed by atoms with Crippen LogP contribution in [0.4, 0.5) is 5.69 Å². The molecular weight excluding hydrogens is 426 g/mol. The number of aromatic hydroxyl groups is 2. The third kappa shape index (κ3) is 3.91. The van der Waals surface area contributed by atoms with Gasteiger partial charge in [-0.05, 0) is 30.3 Å². The van der Waals surface area contributed by atoms with Gasteiger partial charge in [0.15, 0.2) is 0 Å². The summed E-state index contributed by atoms with van der Waals surface area (Å²) >= 11 is 7.06. The smallest absolute Gasteiger partial charge is 0.341 e. The summed E-state index contributed by atoms with van der Waals surface area (Å²) in [7, 11) is -2.85. The number of ether oxygens (including phenoxy) is 1. The van der Waals surface area contributed by atoms with E-state index in [9.17, 15) is 23.4 Å². The van der Waals surface area contributed by atoms with Gasteiger partial charge in [0.2, 0.25) is 0 Å². The second kappa shape index (κ2) is 7.70. The van der Waals surface area contributed by atoms with E-state index in [1.54, 1.807) is 18.2 Å². The number of benzene rings is 2. The van der Waals surface area contributed by atoms with Gasteiger partial charge < -0.3 is 14.9 Å². The van der Waals surface area contributed by atoms with Crippen LogP contribution in [0.15, 0.2) is 52.7 Å². The van der Waals surface area contributed by atoms with Crippen molar-refractivity contribution in [2.75, 3.05) is 11.8 Å². The average molecular weight is 440 g/mol. The molecule has 0 aliphatic carbocycles. The number of para-hydroxylation sites is 1. The van der Waals surface area contributed by atoms with Crippen LogP contribution in [0.5, 0.6) is 11.5 Å². The number of halogens is 1. The fourth-order valence-electron chi connectivity index (χ4n) is 2.41. The minimum Gasteiger partial charge on any atom is -0.507 e. The molecule has 0 aliphatic rings. The second-order valence-electron chi connectivity index (χ2n) is 5.59. The highest BCUT2D eigenvalue weighted by molar-refractivity contribution is 7.94. The van der Waals surface area contributed by atoms with E-state index < -0.39 is 21.7 Å². The predicted molar refractivity (Wildman–Crippen MR) is 107 cm³/mol. The van der Waals surface area contributed by atoms with Gasteiger partial charge in [-0.3, -0.25) is 4.72 Å². The summed E-state index contributed by atoms with van der Waals surface area (Å²) in [6, 6.07) is 11.4. The van der Waals surface area contributed by atoms with E-state index in [2.05, 4.69) is 9.46 Å². The number of nitrogens with one attached hydrogen (secondary N) is 1. The lowest BCUT2D eigenvalue weighted by atomic mass is 10.2. The van der Waals surface area contributed by atoms with Crippen molar-refractivity contribution in [2.24, 2.45) is 0 Å². The van der Waals surface area contributed by atoms with Crippen LogP contribution >= 0.6 is 22.9 Å². The summed E-state index contributed by atoms with van der Waals surface area (Å²) in [5.74, 6) is -1.19. The minimum atomic E-state index is -4.02. The number of thiophene rings is 1. The third-order valence-corrected chi connectivity index (χ3v) is 7.17. The molecule has 1 aromatic heterocycles. The first kappa shape index (κ1) is 20.0. The molecule has 2 aromatic carbocycles. The summed E-state index contributed by atoms with van der Waals surface area (Å²) in [6.07, 6.45) is 0. The number of hydrogen-bond acceptors (Lipinski definition) is 7. The molecular formula is C18H14ClNO6S2. The molecule has 28 heavy (non-hydrogen) atoms. The first-order valence-electron chi connectivity index (χ1n) is 7.75. The Kier molecular flexibility index (Phi) is 5.50. The maximum atomic E-state index is 12.7. The van der Waals surface area contributed by atoms with Gasteiger partial charge in [-0.15, -0.1) is 11.3 Å². The average Bonchev–Trinajstić information content (AvgIpc) is 3.04. The molecule has 0 amide bonds. The number of phenols is 2. The van der Waals surface area contributed by atoms with Crippen molar-refractivity contribution < 1.29 is 28.2 Å². The molecule has 0 saturated carbocycles. The Hall–Kier alpha value is -2.75. The molecule has 0 fully saturated rings. The van der Waals surface area contributed by atoms with Gasteiger partial charge in [-0.25, -0.2) is 13.2 Å². The van der Waals surface area contributed by atoms with E-state index in [0.29, 0.717) is 10.4 Å². The van der Waals surface area contributed by atoms with E-state index >= 15 is 0 Å². The highest BCUT2D eigenvalue weighted by atomic mass is 35.5. The van der Waals surface area contributed by atoms with Crippen LogP contribution in [0, 0.1) is 0 Å². The van der Waals surface area contributed by atoms with Crippen LogP contribution in [0.25, 0.3) is 10.4 Å². The largest absolute Gasteiger partial charge is 0.507 e. The highest BCUT2D eigenvalue weighted by Crippen LogP contribution is 2.42. The maximum absolute atomic E-state index is 12.7. The van der Waals surface area contributed by atoms with Gasteiger partial charge >= 0.3 is 5.97 Å². The Balaban J connectivity index is 1.92. The van der Waals surface area contributed by atoms with Crippen molar-refractivity contribution in [1.29, 1.82) is 0 Å². The number of hydrogen-bond donors (Lipinski definition) is 3. The summed E-state index contributed by atoms with van der Waals surface area (Å²) in [5.41, 5.74) is 0.379. The van der Waals surface area contributed by atoms with Crippen LogP contribution < -0.4 is 4.72 Å². The Morgan fingerprint density at radius 2 is 1.82 bits per heavy atom. The minimum absolute atomic E-state index is 0.0218. The number of carbonyl (C=O) groups is 1. The van der Waals surface area contributed by atoms with Gasteiger partial charge in [-0.1, -0.05) is 23.7 Å². The number of anilines is 1. The molecule has 0 atom stereocenters. The van der Waals surface area contributed by atoms with Gasteiger partial charge in [0.25, 0.3) is 10.0 Å². The number of esters is 1. The summed E-state index contributed by atoms with van der Waals surface area (Å²) < 4.78 is 32.1.